The summed E-state index contributed by atoms with van der Waals surface area (Å²) >= 11 is 5.85. The first-order valence-electron chi connectivity index (χ1n) is 5.76. The van der Waals surface area contributed by atoms with E-state index in [1.165, 1.54) is 0 Å². The van der Waals surface area contributed by atoms with E-state index in [1.807, 2.05) is 12.1 Å². The third-order valence-corrected chi connectivity index (χ3v) is 3.23. The predicted molar refractivity (Wildman–Crippen MR) is 72.4 cm³/mol. The van der Waals surface area contributed by atoms with E-state index in [0.29, 0.717) is 11.6 Å². The van der Waals surface area contributed by atoms with E-state index < -0.39 is 6.10 Å². The standard InChI is InChI=1S/C14H15ClN2O/c15-12-3-1-10(2-4-12)13(9-16)14(18)11-5-7-17-8-6-11/h1-8,13-14,18H,9,16H2. The summed E-state index contributed by atoms with van der Waals surface area (Å²) in [5.74, 6) is -0.148. The first-order valence-corrected chi connectivity index (χ1v) is 6.13. The van der Waals surface area contributed by atoms with Crippen molar-refractivity contribution in [1.82, 2.24) is 4.98 Å². The topological polar surface area (TPSA) is 59.1 Å². The predicted octanol–water partition coefficient (Wildman–Crippen LogP) is 2.51. The SMILES string of the molecule is NCC(c1ccc(Cl)cc1)C(O)c1ccncc1. The third kappa shape index (κ3) is 2.88. The molecule has 18 heavy (non-hydrogen) atoms. The molecule has 4 heteroatoms. The summed E-state index contributed by atoms with van der Waals surface area (Å²) in [7, 11) is 0. The van der Waals surface area contributed by atoms with Crippen molar-refractivity contribution >= 4 is 11.6 Å². The lowest BCUT2D eigenvalue weighted by Crippen LogP contribution is -2.20. The molecule has 0 aliphatic heterocycles. The summed E-state index contributed by atoms with van der Waals surface area (Å²) in [4.78, 5) is 3.94. The van der Waals surface area contributed by atoms with Gasteiger partial charge in [-0.3, -0.25) is 4.98 Å². The highest BCUT2D eigenvalue weighted by Crippen LogP contribution is 2.30. The Bertz CT molecular complexity index is 487. The first-order chi connectivity index (χ1) is 8.72. The van der Waals surface area contributed by atoms with E-state index in [9.17, 15) is 5.11 Å². The van der Waals surface area contributed by atoms with Gasteiger partial charge in [0.15, 0.2) is 0 Å². The molecule has 3 N–H and O–H groups in total. The number of nitrogens with zero attached hydrogens (tertiary/aromatic N) is 1. The Morgan fingerprint density at radius 1 is 1.06 bits per heavy atom. The Balaban J connectivity index is 2.26. The van der Waals surface area contributed by atoms with Crippen LogP contribution in [0.15, 0.2) is 48.8 Å². The van der Waals surface area contributed by atoms with E-state index in [1.54, 1.807) is 36.7 Å². The molecule has 94 valence electrons. The Morgan fingerprint density at radius 3 is 2.22 bits per heavy atom. The van der Waals surface area contributed by atoms with Crippen molar-refractivity contribution < 1.29 is 5.11 Å². The first kappa shape index (κ1) is 13.0. The number of nitrogens with two attached hydrogens (primary N) is 1. The van der Waals surface area contributed by atoms with Gasteiger partial charge in [-0.05, 0) is 35.4 Å². The van der Waals surface area contributed by atoms with Gasteiger partial charge in [-0.1, -0.05) is 23.7 Å². The second kappa shape index (κ2) is 5.96. The fraction of sp³-hybridized carbons (Fsp3) is 0.214. The molecule has 2 rings (SSSR count). The Kier molecular flexibility index (Phi) is 4.31. The van der Waals surface area contributed by atoms with Crippen molar-refractivity contribution in [2.45, 2.75) is 12.0 Å². The molecule has 1 aromatic heterocycles. The molecule has 0 aliphatic carbocycles. The summed E-state index contributed by atoms with van der Waals surface area (Å²) in [5.41, 5.74) is 7.57. The smallest absolute Gasteiger partial charge is 0.0871 e. The van der Waals surface area contributed by atoms with Crippen molar-refractivity contribution in [3.05, 3.63) is 64.9 Å². The highest BCUT2D eigenvalue weighted by Gasteiger charge is 2.21. The minimum Gasteiger partial charge on any atom is -0.388 e. The highest BCUT2D eigenvalue weighted by molar-refractivity contribution is 6.30. The number of hydrogen-bond donors (Lipinski definition) is 2. The summed E-state index contributed by atoms with van der Waals surface area (Å²) < 4.78 is 0. The molecule has 0 aliphatic rings. The number of aromatic nitrogens is 1. The minimum absolute atomic E-state index is 0.148. The molecule has 2 unspecified atom stereocenters. The van der Waals surface area contributed by atoms with Gasteiger partial charge in [0.25, 0.3) is 0 Å². The Hall–Kier alpha value is -1.42. The average Bonchev–Trinajstić information content (AvgIpc) is 2.42. The zero-order valence-electron chi connectivity index (χ0n) is 9.83. The molecule has 0 bridgehead atoms. The van der Waals surface area contributed by atoms with E-state index in [0.717, 1.165) is 11.1 Å². The zero-order valence-corrected chi connectivity index (χ0v) is 10.6. The summed E-state index contributed by atoms with van der Waals surface area (Å²) in [6, 6.07) is 11.0. The molecule has 1 aromatic carbocycles. The molecule has 0 saturated heterocycles. The van der Waals surface area contributed by atoms with Gasteiger partial charge in [-0.25, -0.2) is 0 Å². The van der Waals surface area contributed by atoms with Crippen molar-refractivity contribution in [2.75, 3.05) is 6.54 Å². The van der Waals surface area contributed by atoms with E-state index in [-0.39, 0.29) is 5.92 Å². The number of aliphatic hydroxyl groups is 1. The number of aliphatic hydroxyl groups excluding tert-OH is 1. The van der Waals surface area contributed by atoms with Crippen molar-refractivity contribution in [1.29, 1.82) is 0 Å². The van der Waals surface area contributed by atoms with Crippen LogP contribution in [-0.2, 0) is 0 Å². The van der Waals surface area contributed by atoms with E-state index >= 15 is 0 Å². The molecule has 0 spiro atoms. The molecule has 1 heterocycles. The normalized spacial score (nSPS) is 14.2. The maximum atomic E-state index is 10.4. The van der Waals surface area contributed by atoms with Crippen molar-refractivity contribution in [3.8, 4) is 0 Å². The lowest BCUT2D eigenvalue weighted by Gasteiger charge is -2.22. The van der Waals surface area contributed by atoms with Crippen LogP contribution < -0.4 is 5.73 Å². The molecular weight excluding hydrogens is 248 g/mol. The Morgan fingerprint density at radius 2 is 1.67 bits per heavy atom. The van der Waals surface area contributed by atoms with Gasteiger partial charge in [-0.2, -0.15) is 0 Å². The molecule has 0 saturated carbocycles. The lowest BCUT2D eigenvalue weighted by atomic mass is 9.90. The van der Waals surface area contributed by atoms with Crippen LogP contribution in [0.4, 0.5) is 0 Å². The van der Waals surface area contributed by atoms with Crippen LogP contribution >= 0.6 is 11.6 Å². The minimum atomic E-state index is -0.640. The molecule has 2 aromatic rings. The number of halogens is 1. The summed E-state index contributed by atoms with van der Waals surface area (Å²) in [6.45, 7) is 0.366. The molecule has 3 nitrogen and oxygen atoms in total. The second-order valence-electron chi connectivity index (χ2n) is 4.12. The number of benzene rings is 1. The maximum Gasteiger partial charge on any atom is 0.0871 e. The summed E-state index contributed by atoms with van der Waals surface area (Å²) in [5, 5.41) is 11.0. The fourth-order valence-electron chi connectivity index (χ4n) is 1.95. The molecule has 0 amide bonds. The summed E-state index contributed by atoms with van der Waals surface area (Å²) in [6.07, 6.45) is 2.68. The Labute approximate surface area is 111 Å². The van der Waals surface area contributed by atoms with Gasteiger partial charge in [0.2, 0.25) is 0 Å². The van der Waals surface area contributed by atoms with Crippen LogP contribution in [-0.4, -0.2) is 16.6 Å². The third-order valence-electron chi connectivity index (χ3n) is 2.98. The van der Waals surface area contributed by atoms with Crippen LogP contribution in [0.2, 0.25) is 5.02 Å². The number of pyridine rings is 1. The van der Waals surface area contributed by atoms with Crippen molar-refractivity contribution in [2.24, 2.45) is 5.73 Å². The number of hydrogen-bond acceptors (Lipinski definition) is 3. The number of rotatable bonds is 4. The van der Waals surface area contributed by atoms with Crippen LogP contribution in [0, 0.1) is 0 Å². The molecule has 2 atom stereocenters. The van der Waals surface area contributed by atoms with Gasteiger partial charge in [-0.15, -0.1) is 0 Å². The quantitative estimate of drug-likeness (QED) is 0.890. The zero-order chi connectivity index (χ0) is 13.0. The van der Waals surface area contributed by atoms with E-state index in [4.69, 9.17) is 17.3 Å². The van der Waals surface area contributed by atoms with Gasteiger partial charge in [0, 0.05) is 29.9 Å². The molecule has 0 fully saturated rings. The van der Waals surface area contributed by atoms with Crippen molar-refractivity contribution in [3.63, 3.8) is 0 Å². The average molecular weight is 263 g/mol. The second-order valence-corrected chi connectivity index (χ2v) is 4.56. The van der Waals surface area contributed by atoms with Gasteiger partial charge in [0.1, 0.15) is 0 Å². The van der Waals surface area contributed by atoms with Crippen LogP contribution in [0.1, 0.15) is 23.1 Å². The molecule has 0 radical (unpaired) electrons. The maximum absolute atomic E-state index is 10.4. The van der Waals surface area contributed by atoms with Gasteiger partial charge in [0.05, 0.1) is 6.10 Å². The van der Waals surface area contributed by atoms with Gasteiger partial charge < -0.3 is 10.8 Å². The van der Waals surface area contributed by atoms with Crippen LogP contribution in [0.3, 0.4) is 0 Å². The largest absolute Gasteiger partial charge is 0.388 e. The highest BCUT2D eigenvalue weighted by atomic mass is 35.5. The monoisotopic (exact) mass is 262 g/mol. The van der Waals surface area contributed by atoms with Gasteiger partial charge >= 0.3 is 0 Å². The van der Waals surface area contributed by atoms with Crippen LogP contribution in [0.5, 0.6) is 0 Å². The lowest BCUT2D eigenvalue weighted by molar-refractivity contribution is 0.147. The van der Waals surface area contributed by atoms with Crippen LogP contribution in [0.25, 0.3) is 0 Å². The fourth-order valence-corrected chi connectivity index (χ4v) is 2.08. The van der Waals surface area contributed by atoms with E-state index in [2.05, 4.69) is 4.98 Å². The molecular formula is C14H15ClN2O.